The molecule has 7 nitrogen and oxygen atoms in total. The molecule has 4 aromatic rings. The standard InChI is InChI=1S/C28H33N5O2S/c1-19(2)32-14-16-33(17-15-32)23-10-6-21(7-11-23)25-18-20(3)26-28(29-25)31(4)27(30-26)22-8-12-24(13-9-22)36(5,34)35/h6-13,18-19H,14-17H2,1-5H3. The summed E-state index contributed by atoms with van der Waals surface area (Å²) in [6.07, 6.45) is 1.21. The SMILES string of the molecule is Cc1cc(-c2ccc(N3CCN(C(C)C)CC3)cc2)nc2c1nc(-c1ccc(S(C)(=O)=O)cc1)n2C. The lowest BCUT2D eigenvalue weighted by atomic mass is 10.1. The third-order valence-corrected chi connectivity index (χ3v) is 8.26. The number of nitrogens with zero attached hydrogens (tertiary/aromatic N) is 5. The van der Waals surface area contributed by atoms with Gasteiger partial charge in [0.15, 0.2) is 15.5 Å². The predicted molar refractivity (Wildman–Crippen MR) is 146 cm³/mol. The molecule has 0 amide bonds. The molecule has 0 atom stereocenters. The van der Waals surface area contributed by atoms with Crippen molar-refractivity contribution in [3.8, 4) is 22.6 Å². The van der Waals surface area contributed by atoms with Crippen LogP contribution >= 0.6 is 0 Å². The topological polar surface area (TPSA) is 71.3 Å². The van der Waals surface area contributed by atoms with Crippen molar-refractivity contribution in [1.29, 1.82) is 0 Å². The molecule has 0 aliphatic carbocycles. The van der Waals surface area contributed by atoms with Gasteiger partial charge in [0.25, 0.3) is 0 Å². The lowest BCUT2D eigenvalue weighted by Gasteiger charge is -2.38. The zero-order chi connectivity index (χ0) is 25.6. The van der Waals surface area contributed by atoms with Crippen molar-refractivity contribution < 1.29 is 8.42 Å². The second kappa shape index (κ2) is 9.33. The summed E-state index contributed by atoms with van der Waals surface area (Å²) in [5.74, 6) is 0.758. The van der Waals surface area contributed by atoms with Crippen LogP contribution in [0.15, 0.2) is 59.5 Å². The maximum atomic E-state index is 11.8. The van der Waals surface area contributed by atoms with Crippen LogP contribution in [0.3, 0.4) is 0 Å². The Kier molecular flexibility index (Phi) is 6.34. The summed E-state index contributed by atoms with van der Waals surface area (Å²) in [4.78, 5) is 15.1. The minimum atomic E-state index is -3.24. The summed E-state index contributed by atoms with van der Waals surface area (Å²) in [6.45, 7) is 10.9. The van der Waals surface area contributed by atoms with E-state index in [1.54, 1.807) is 24.3 Å². The van der Waals surface area contributed by atoms with Gasteiger partial charge in [0.1, 0.15) is 11.3 Å². The zero-order valence-corrected chi connectivity index (χ0v) is 22.4. The van der Waals surface area contributed by atoms with Crippen LogP contribution in [0.4, 0.5) is 5.69 Å². The highest BCUT2D eigenvalue weighted by molar-refractivity contribution is 7.90. The number of imidazole rings is 1. The number of hydrogen-bond donors (Lipinski definition) is 0. The number of anilines is 1. The van der Waals surface area contributed by atoms with Gasteiger partial charge in [0.05, 0.1) is 10.6 Å². The third-order valence-electron chi connectivity index (χ3n) is 7.13. The Morgan fingerprint density at radius 1 is 0.861 bits per heavy atom. The van der Waals surface area contributed by atoms with Gasteiger partial charge in [-0.2, -0.15) is 0 Å². The Labute approximate surface area is 213 Å². The second-order valence-electron chi connectivity index (χ2n) is 9.95. The van der Waals surface area contributed by atoms with Crippen molar-refractivity contribution in [3.63, 3.8) is 0 Å². The smallest absolute Gasteiger partial charge is 0.175 e. The number of fused-ring (bicyclic) bond motifs is 1. The first-order valence-electron chi connectivity index (χ1n) is 12.4. The van der Waals surface area contributed by atoms with E-state index < -0.39 is 9.84 Å². The first-order chi connectivity index (χ1) is 17.1. The molecule has 3 heterocycles. The minimum absolute atomic E-state index is 0.298. The molecule has 188 valence electrons. The molecule has 1 aliphatic heterocycles. The van der Waals surface area contributed by atoms with Crippen LogP contribution in [0.2, 0.25) is 0 Å². The maximum Gasteiger partial charge on any atom is 0.175 e. The number of piperazine rings is 1. The molecule has 5 rings (SSSR count). The van der Waals surface area contributed by atoms with Gasteiger partial charge >= 0.3 is 0 Å². The molecular formula is C28H33N5O2S. The summed E-state index contributed by atoms with van der Waals surface area (Å²) in [6, 6.07) is 18.2. The van der Waals surface area contributed by atoms with Gasteiger partial charge in [0, 0.05) is 62.3 Å². The fourth-order valence-corrected chi connectivity index (χ4v) is 5.53. The van der Waals surface area contributed by atoms with E-state index >= 15 is 0 Å². The average molecular weight is 504 g/mol. The van der Waals surface area contributed by atoms with E-state index in [-0.39, 0.29) is 0 Å². The van der Waals surface area contributed by atoms with E-state index in [9.17, 15) is 8.42 Å². The van der Waals surface area contributed by atoms with E-state index in [0.717, 1.165) is 65.6 Å². The van der Waals surface area contributed by atoms with E-state index in [1.165, 1.54) is 11.9 Å². The van der Waals surface area contributed by atoms with Crippen LogP contribution < -0.4 is 4.90 Å². The van der Waals surface area contributed by atoms with Gasteiger partial charge in [-0.15, -0.1) is 0 Å². The van der Waals surface area contributed by atoms with Gasteiger partial charge in [-0.25, -0.2) is 18.4 Å². The lowest BCUT2D eigenvalue weighted by molar-refractivity contribution is 0.209. The Balaban J connectivity index is 1.43. The molecule has 0 spiro atoms. The number of sulfone groups is 1. The summed E-state index contributed by atoms with van der Waals surface area (Å²) >= 11 is 0. The van der Waals surface area contributed by atoms with Crippen LogP contribution in [0.25, 0.3) is 33.8 Å². The van der Waals surface area contributed by atoms with E-state index in [2.05, 4.69) is 60.9 Å². The second-order valence-corrected chi connectivity index (χ2v) is 12.0. The van der Waals surface area contributed by atoms with Crippen molar-refractivity contribution in [2.45, 2.75) is 31.7 Å². The van der Waals surface area contributed by atoms with E-state index in [4.69, 9.17) is 9.97 Å². The molecule has 0 radical (unpaired) electrons. The minimum Gasteiger partial charge on any atom is -0.369 e. The van der Waals surface area contributed by atoms with Crippen molar-refractivity contribution in [2.75, 3.05) is 37.3 Å². The summed E-state index contributed by atoms with van der Waals surface area (Å²) in [5, 5.41) is 0. The number of pyridine rings is 1. The molecule has 0 saturated carbocycles. The Hall–Kier alpha value is -3.23. The molecule has 8 heteroatoms. The molecule has 1 fully saturated rings. The maximum absolute atomic E-state index is 11.8. The lowest BCUT2D eigenvalue weighted by Crippen LogP contribution is -2.48. The zero-order valence-electron chi connectivity index (χ0n) is 21.6. The van der Waals surface area contributed by atoms with Gasteiger partial charge < -0.3 is 9.47 Å². The molecule has 0 bridgehead atoms. The third kappa shape index (κ3) is 4.63. The highest BCUT2D eigenvalue weighted by Crippen LogP contribution is 2.30. The van der Waals surface area contributed by atoms with Crippen molar-refractivity contribution in [3.05, 3.63) is 60.2 Å². The Bertz CT molecular complexity index is 1500. The Morgan fingerprint density at radius 2 is 1.47 bits per heavy atom. The van der Waals surface area contributed by atoms with Crippen LogP contribution in [0.1, 0.15) is 19.4 Å². The Morgan fingerprint density at radius 3 is 2.06 bits per heavy atom. The van der Waals surface area contributed by atoms with E-state index in [0.29, 0.717) is 10.9 Å². The summed E-state index contributed by atoms with van der Waals surface area (Å²) in [5.41, 5.74) is 6.80. The molecule has 0 unspecified atom stereocenters. The predicted octanol–water partition coefficient (Wildman–Crippen LogP) is 4.54. The highest BCUT2D eigenvalue weighted by atomic mass is 32.2. The van der Waals surface area contributed by atoms with Gasteiger partial charge in [-0.1, -0.05) is 12.1 Å². The average Bonchev–Trinajstić information content (AvgIpc) is 3.20. The molecular weight excluding hydrogens is 470 g/mol. The van der Waals surface area contributed by atoms with Gasteiger partial charge in [0.2, 0.25) is 0 Å². The number of aryl methyl sites for hydroxylation is 2. The number of aromatic nitrogens is 3. The molecule has 1 saturated heterocycles. The number of hydrogen-bond acceptors (Lipinski definition) is 6. The molecule has 36 heavy (non-hydrogen) atoms. The number of benzene rings is 2. The molecule has 0 N–H and O–H groups in total. The normalized spacial score (nSPS) is 15.2. The molecule has 1 aliphatic rings. The fraction of sp³-hybridized carbons (Fsp3) is 0.357. The largest absolute Gasteiger partial charge is 0.369 e. The first kappa shape index (κ1) is 24.5. The number of rotatable bonds is 5. The van der Waals surface area contributed by atoms with E-state index in [1.807, 2.05) is 11.6 Å². The van der Waals surface area contributed by atoms with Gasteiger partial charge in [-0.3, -0.25) is 4.90 Å². The van der Waals surface area contributed by atoms with Crippen molar-refractivity contribution in [2.24, 2.45) is 7.05 Å². The van der Waals surface area contributed by atoms with Crippen LogP contribution in [0.5, 0.6) is 0 Å². The van der Waals surface area contributed by atoms with Crippen LogP contribution in [-0.2, 0) is 16.9 Å². The van der Waals surface area contributed by atoms with Crippen LogP contribution in [0, 0.1) is 6.92 Å². The summed E-state index contributed by atoms with van der Waals surface area (Å²) < 4.78 is 25.6. The summed E-state index contributed by atoms with van der Waals surface area (Å²) in [7, 11) is -1.29. The van der Waals surface area contributed by atoms with Crippen molar-refractivity contribution in [1.82, 2.24) is 19.4 Å². The van der Waals surface area contributed by atoms with Gasteiger partial charge in [-0.05, 0) is 68.8 Å². The quantitative estimate of drug-likeness (QED) is 0.398. The first-order valence-corrected chi connectivity index (χ1v) is 14.2. The van der Waals surface area contributed by atoms with Crippen molar-refractivity contribution >= 4 is 26.7 Å². The van der Waals surface area contributed by atoms with Crippen LogP contribution in [-0.4, -0.2) is 66.3 Å². The fourth-order valence-electron chi connectivity index (χ4n) is 4.90. The monoisotopic (exact) mass is 503 g/mol. The molecule has 2 aromatic carbocycles. The highest BCUT2D eigenvalue weighted by Gasteiger charge is 2.20. The molecule has 2 aromatic heterocycles.